The minimum Gasteiger partial charge on any atom is -0.482 e. The van der Waals surface area contributed by atoms with Crippen LogP contribution in [0.3, 0.4) is 0 Å². The zero-order chi connectivity index (χ0) is 14.2. The van der Waals surface area contributed by atoms with Crippen LogP contribution in [0.5, 0.6) is 5.75 Å². The maximum absolute atomic E-state index is 11.5. The van der Waals surface area contributed by atoms with E-state index in [-0.39, 0.29) is 13.2 Å². The molecule has 0 aliphatic heterocycles. The van der Waals surface area contributed by atoms with E-state index in [1.54, 1.807) is 24.3 Å². The Hall–Kier alpha value is -2.62. The Morgan fingerprint density at radius 3 is 2.60 bits per heavy atom. The number of carbonyl (C=O) groups is 2. The standard InChI is InChI=1S/C16H14O4/c17-10-14-7-4-8-15(9-14)19-12-16(18)20-11-13-5-2-1-3-6-13/h1-10H,11-12H2. The van der Waals surface area contributed by atoms with Gasteiger partial charge in [-0.05, 0) is 17.7 Å². The van der Waals surface area contributed by atoms with Crippen molar-refractivity contribution in [2.24, 2.45) is 0 Å². The van der Waals surface area contributed by atoms with Gasteiger partial charge in [-0.3, -0.25) is 4.79 Å². The third-order valence-corrected chi connectivity index (χ3v) is 2.59. The molecule has 102 valence electrons. The number of aldehydes is 1. The summed E-state index contributed by atoms with van der Waals surface area (Å²) in [6, 6.07) is 16.0. The van der Waals surface area contributed by atoms with Gasteiger partial charge in [0.15, 0.2) is 6.61 Å². The van der Waals surface area contributed by atoms with Crippen LogP contribution in [0.1, 0.15) is 15.9 Å². The largest absolute Gasteiger partial charge is 0.482 e. The molecule has 0 aromatic heterocycles. The van der Waals surface area contributed by atoms with Crippen LogP contribution in [0.25, 0.3) is 0 Å². The van der Waals surface area contributed by atoms with Gasteiger partial charge in [-0.2, -0.15) is 0 Å². The molecule has 4 nitrogen and oxygen atoms in total. The van der Waals surface area contributed by atoms with E-state index in [1.807, 2.05) is 30.3 Å². The molecule has 0 aliphatic rings. The minimum atomic E-state index is -0.453. The number of hydrogen-bond donors (Lipinski definition) is 0. The molecule has 0 radical (unpaired) electrons. The summed E-state index contributed by atoms with van der Waals surface area (Å²) in [6.45, 7) is 0.0343. The second-order valence-corrected chi connectivity index (χ2v) is 4.13. The van der Waals surface area contributed by atoms with E-state index in [4.69, 9.17) is 9.47 Å². The normalized spacial score (nSPS) is 9.80. The summed E-state index contributed by atoms with van der Waals surface area (Å²) < 4.78 is 10.3. The van der Waals surface area contributed by atoms with Crippen molar-refractivity contribution in [3.05, 3.63) is 65.7 Å². The smallest absolute Gasteiger partial charge is 0.344 e. The highest BCUT2D eigenvalue weighted by Gasteiger charge is 2.05. The molecule has 0 atom stereocenters. The Morgan fingerprint density at radius 1 is 1.05 bits per heavy atom. The van der Waals surface area contributed by atoms with E-state index >= 15 is 0 Å². The Kier molecular flexibility index (Phi) is 4.89. The number of benzene rings is 2. The van der Waals surface area contributed by atoms with Crippen LogP contribution in [0, 0.1) is 0 Å². The summed E-state index contributed by atoms with van der Waals surface area (Å²) in [5.74, 6) is 0.0108. The predicted octanol–water partition coefficient (Wildman–Crippen LogP) is 2.62. The van der Waals surface area contributed by atoms with Crippen LogP contribution in [-0.2, 0) is 16.1 Å². The summed E-state index contributed by atoms with van der Waals surface area (Å²) >= 11 is 0. The van der Waals surface area contributed by atoms with Crippen molar-refractivity contribution in [3.8, 4) is 5.75 Å². The number of rotatable bonds is 6. The van der Waals surface area contributed by atoms with Crippen LogP contribution in [0.4, 0.5) is 0 Å². The van der Waals surface area contributed by atoms with Crippen molar-refractivity contribution >= 4 is 12.3 Å². The second kappa shape index (κ2) is 7.09. The second-order valence-electron chi connectivity index (χ2n) is 4.13. The van der Waals surface area contributed by atoms with Crippen molar-refractivity contribution < 1.29 is 19.1 Å². The number of hydrogen-bond acceptors (Lipinski definition) is 4. The molecule has 0 N–H and O–H groups in total. The summed E-state index contributed by atoms with van der Waals surface area (Å²) in [7, 11) is 0. The van der Waals surface area contributed by atoms with Gasteiger partial charge in [0.05, 0.1) is 0 Å². The molecule has 0 spiro atoms. The fourth-order valence-corrected chi connectivity index (χ4v) is 1.60. The molecule has 0 unspecified atom stereocenters. The van der Waals surface area contributed by atoms with Gasteiger partial charge in [0.2, 0.25) is 0 Å². The van der Waals surface area contributed by atoms with E-state index < -0.39 is 5.97 Å². The van der Waals surface area contributed by atoms with Crippen molar-refractivity contribution in [2.75, 3.05) is 6.61 Å². The Morgan fingerprint density at radius 2 is 1.85 bits per heavy atom. The van der Waals surface area contributed by atoms with Crippen LogP contribution >= 0.6 is 0 Å². The lowest BCUT2D eigenvalue weighted by Crippen LogP contribution is -2.14. The zero-order valence-corrected chi connectivity index (χ0v) is 10.8. The van der Waals surface area contributed by atoms with E-state index in [0.29, 0.717) is 11.3 Å². The molecule has 2 aromatic carbocycles. The maximum Gasteiger partial charge on any atom is 0.344 e. The van der Waals surface area contributed by atoms with E-state index in [0.717, 1.165) is 11.8 Å². The lowest BCUT2D eigenvalue weighted by Gasteiger charge is -2.07. The Bertz CT molecular complexity index is 578. The highest BCUT2D eigenvalue weighted by molar-refractivity contribution is 5.75. The molecule has 0 fully saturated rings. The fourth-order valence-electron chi connectivity index (χ4n) is 1.60. The number of carbonyl (C=O) groups excluding carboxylic acids is 2. The van der Waals surface area contributed by atoms with Crippen molar-refractivity contribution in [1.29, 1.82) is 0 Å². The van der Waals surface area contributed by atoms with Crippen molar-refractivity contribution in [3.63, 3.8) is 0 Å². The monoisotopic (exact) mass is 270 g/mol. The molecular weight excluding hydrogens is 256 g/mol. The first-order chi connectivity index (χ1) is 9.78. The Labute approximate surface area is 116 Å². The van der Waals surface area contributed by atoms with Gasteiger partial charge in [0.1, 0.15) is 18.6 Å². The molecule has 0 saturated heterocycles. The fraction of sp³-hybridized carbons (Fsp3) is 0.125. The lowest BCUT2D eigenvalue weighted by atomic mass is 10.2. The number of ether oxygens (including phenoxy) is 2. The first kappa shape index (κ1) is 13.8. The predicted molar refractivity (Wildman–Crippen MR) is 73.6 cm³/mol. The van der Waals surface area contributed by atoms with Gasteiger partial charge in [-0.25, -0.2) is 4.79 Å². The van der Waals surface area contributed by atoms with Crippen LogP contribution in [0.15, 0.2) is 54.6 Å². The third-order valence-electron chi connectivity index (χ3n) is 2.59. The van der Waals surface area contributed by atoms with Crippen molar-refractivity contribution in [2.45, 2.75) is 6.61 Å². The van der Waals surface area contributed by atoms with E-state index in [1.165, 1.54) is 0 Å². The summed E-state index contributed by atoms with van der Waals surface area (Å²) in [5, 5.41) is 0. The lowest BCUT2D eigenvalue weighted by molar-refractivity contribution is -0.147. The highest BCUT2D eigenvalue weighted by Crippen LogP contribution is 2.12. The molecule has 4 heteroatoms. The van der Waals surface area contributed by atoms with E-state index in [9.17, 15) is 9.59 Å². The van der Waals surface area contributed by atoms with Crippen LogP contribution in [-0.4, -0.2) is 18.9 Å². The third kappa shape index (κ3) is 4.24. The summed E-state index contributed by atoms with van der Waals surface area (Å²) in [5.41, 5.74) is 1.42. The SMILES string of the molecule is O=Cc1cccc(OCC(=O)OCc2ccccc2)c1. The molecule has 2 rings (SSSR count). The first-order valence-corrected chi connectivity index (χ1v) is 6.15. The van der Waals surface area contributed by atoms with Gasteiger partial charge in [0, 0.05) is 5.56 Å². The number of esters is 1. The first-order valence-electron chi connectivity index (χ1n) is 6.15. The molecule has 0 amide bonds. The quantitative estimate of drug-likeness (QED) is 0.598. The molecular formula is C16H14O4. The maximum atomic E-state index is 11.5. The highest BCUT2D eigenvalue weighted by atomic mass is 16.6. The van der Waals surface area contributed by atoms with Gasteiger partial charge < -0.3 is 9.47 Å². The molecule has 0 bridgehead atoms. The summed E-state index contributed by atoms with van der Waals surface area (Å²) in [4.78, 5) is 22.1. The van der Waals surface area contributed by atoms with E-state index in [2.05, 4.69) is 0 Å². The summed E-state index contributed by atoms with van der Waals surface area (Å²) in [6.07, 6.45) is 0.723. The van der Waals surface area contributed by atoms with Gasteiger partial charge in [0.25, 0.3) is 0 Å². The minimum absolute atomic E-state index is 0.185. The average molecular weight is 270 g/mol. The van der Waals surface area contributed by atoms with Crippen LogP contribution in [0.2, 0.25) is 0 Å². The van der Waals surface area contributed by atoms with Gasteiger partial charge >= 0.3 is 5.97 Å². The molecule has 2 aromatic rings. The Balaban J connectivity index is 1.78. The molecule has 20 heavy (non-hydrogen) atoms. The molecule has 0 aliphatic carbocycles. The molecule has 0 heterocycles. The van der Waals surface area contributed by atoms with Crippen LogP contribution < -0.4 is 4.74 Å². The van der Waals surface area contributed by atoms with Gasteiger partial charge in [-0.1, -0.05) is 42.5 Å². The topological polar surface area (TPSA) is 52.6 Å². The molecule has 0 saturated carbocycles. The zero-order valence-electron chi connectivity index (χ0n) is 10.8. The van der Waals surface area contributed by atoms with Crippen molar-refractivity contribution in [1.82, 2.24) is 0 Å². The average Bonchev–Trinajstić information content (AvgIpc) is 2.52. The van der Waals surface area contributed by atoms with Gasteiger partial charge in [-0.15, -0.1) is 0 Å².